The molecule has 39 heavy (non-hydrogen) atoms. The summed E-state index contributed by atoms with van der Waals surface area (Å²) in [6.45, 7) is 5.95. The van der Waals surface area contributed by atoms with E-state index >= 15 is 0 Å². The second-order valence-electron chi connectivity index (χ2n) is 11.2. The number of carbonyl (C=O) groups excluding carboxylic acids is 3. The molecule has 0 saturated carbocycles. The number of hydrogen-bond acceptors (Lipinski definition) is 3. The van der Waals surface area contributed by atoms with Crippen molar-refractivity contribution in [2.24, 2.45) is 11.3 Å². The lowest BCUT2D eigenvalue weighted by Gasteiger charge is -2.51. The summed E-state index contributed by atoms with van der Waals surface area (Å²) in [5.41, 5.74) is 7.52. The molecule has 1 heterocycles. The summed E-state index contributed by atoms with van der Waals surface area (Å²) in [6, 6.07) is 29.0. The van der Waals surface area contributed by atoms with Gasteiger partial charge in [0.15, 0.2) is 0 Å². The van der Waals surface area contributed by atoms with Crippen molar-refractivity contribution < 1.29 is 14.4 Å². The molecule has 3 aliphatic carbocycles. The van der Waals surface area contributed by atoms with Gasteiger partial charge in [0.25, 0.3) is 5.91 Å². The lowest BCUT2D eigenvalue weighted by molar-refractivity contribution is -0.128. The smallest absolute Gasteiger partial charge is 0.255 e. The first-order valence-electron chi connectivity index (χ1n) is 13.4. The van der Waals surface area contributed by atoms with Gasteiger partial charge in [0, 0.05) is 23.1 Å². The highest BCUT2D eigenvalue weighted by Crippen LogP contribution is 2.67. The predicted octanol–water partition coefficient (Wildman–Crippen LogP) is 6.34. The lowest BCUT2D eigenvalue weighted by atomic mass is 9.48. The van der Waals surface area contributed by atoms with Crippen molar-refractivity contribution in [3.63, 3.8) is 0 Å². The zero-order chi connectivity index (χ0) is 27.1. The van der Waals surface area contributed by atoms with Gasteiger partial charge >= 0.3 is 0 Å². The zero-order valence-electron chi connectivity index (χ0n) is 22.1. The van der Waals surface area contributed by atoms with Crippen LogP contribution in [0, 0.1) is 25.2 Å². The summed E-state index contributed by atoms with van der Waals surface area (Å²) in [5.74, 6) is -1.43. The molecule has 0 unspecified atom stereocenters. The molecule has 0 spiro atoms. The van der Waals surface area contributed by atoms with Gasteiger partial charge in [0.2, 0.25) is 11.8 Å². The minimum absolute atomic E-state index is 0.170. The maximum absolute atomic E-state index is 14.2. The summed E-state index contributed by atoms with van der Waals surface area (Å²) in [6.07, 6.45) is 0. The molecule has 8 rings (SSSR count). The first kappa shape index (κ1) is 23.6. The average molecular weight is 513 g/mol. The van der Waals surface area contributed by atoms with Crippen LogP contribution in [-0.4, -0.2) is 17.7 Å². The molecule has 192 valence electrons. The van der Waals surface area contributed by atoms with E-state index in [1.807, 2.05) is 63.2 Å². The number of aryl methyl sites for hydroxylation is 1. The second-order valence-corrected chi connectivity index (χ2v) is 11.2. The number of amides is 3. The number of nitrogens with zero attached hydrogens (tertiary/aromatic N) is 1. The molecular weight excluding hydrogens is 484 g/mol. The van der Waals surface area contributed by atoms with Crippen LogP contribution in [0.4, 0.5) is 11.4 Å². The van der Waals surface area contributed by atoms with Crippen LogP contribution in [0.15, 0.2) is 91.0 Å². The summed E-state index contributed by atoms with van der Waals surface area (Å²) in [7, 11) is 0. The number of benzene rings is 4. The molecule has 4 aliphatic rings. The Bertz CT molecular complexity index is 1660. The van der Waals surface area contributed by atoms with Crippen LogP contribution in [0.2, 0.25) is 0 Å². The van der Waals surface area contributed by atoms with E-state index in [1.54, 1.807) is 24.3 Å². The number of carbonyl (C=O) groups is 3. The number of rotatable bonds is 3. The third kappa shape index (κ3) is 3.10. The molecule has 0 aromatic heterocycles. The van der Waals surface area contributed by atoms with Crippen molar-refractivity contribution in [3.05, 3.63) is 130 Å². The van der Waals surface area contributed by atoms with Gasteiger partial charge in [0.1, 0.15) is 0 Å². The maximum atomic E-state index is 14.2. The van der Waals surface area contributed by atoms with Crippen LogP contribution >= 0.6 is 0 Å². The Labute approximate surface area is 227 Å². The minimum atomic E-state index is -0.886. The Balaban J connectivity index is 1.24. The molecule has 4 aromatic rings. The Morgan fingerprint density at radius 1 is 0.769 bits per heavy atom. The van der Waals surface area contributed by atoms with Crippen molar-refractivity contribution in [2.45, 2.75) is 32.6 Å². The molecule has 1 saturated heterocycles. The number of imide groups is 1. The molecule has 0 radical (unpaired) electrons. The highest BCUT2D eigenvalue weighted by Gasteiger charge is 2.68. The Hall–Kier alpha value is -4.51. The van der Waals surface area contributed by atoms with E-state index in [-0.39, 0.29) is 29.6 Å². The summed E-state index contributed by atoms with van der Waals surface area (Å²) in [5, 5.41) is 2.97. The summed E-state index contributed by atoms with van der Waals surface area (Å²) in [4.78, 5) is 42.7. The standard InChI is InChI=1S/C34H28N2O3/c1-19-9-8-14-27(20(19)2)35-31(37)21-15-17-22(18-16-21)36-32(38)30-28-23-10-4-6-12-25(23)29(34(30,3)33(36)39)26-13-7-5-11-24(26)28/h4-18,28-30H,1-3H3,(H,35,37)/t28?,29?,30-,34-/m0/s1. The summed E-state index contributed by atoms with van der Waals surface area (Å²) >= 11 is 0. The van der Waals surface area contributed by atoms with E-state index in [0.717, 1.165) is 39.1 Å². The van der Waals surface area contributed by atoms with Crippen LogP contribution in [0.3, 0.4) is 0 Å². The van der Waals surface area contributed by atoms with Gasteiger partial charge in [-0.1, -0.05) is 60.7 Å². The molecule has 1 fully saturated rings. The van der Waals surface area contributed by atoms with E-state index in [0.29, 0.717) is 11.3 Å². The molecule has 2 atom stereocenters. The van der Waals surface area contributed by atoms with Crippen molar-refractivity contribution in [2.75, 3.05) is 10.2 Å². The maximum Gasteiger partial charge on any atom is 0.255 e. The van der Waals surface area contributed by atoms with Crippen molar-refractivity contribution in [3.8, 4) is 0 Å². The van der Waals surface area contributed by atoms with Crippen LogP contribution in [0.1, 0.15) is 62.5 Å². The normalized spacial score (nSPS) is 24.3. The Morgan fingerprint density at radius 2 is 1.36 bits per heavy atom. The van der Waals surface area contributed by atoms with Crippen LogP contribution in [0.25, 0.3) is 0 Å². The molecular formula is C34H28N2O3. The van der Waals surface area contributed by atoms with Crippen molar-refractivity contribution >= 4 is 29.1 Å². The molecule has 3 amide bonds. The van der Waals surface area contributed by atoms with Crippen molar-refractivity contribution in [1.82, 2.24) is 0 Å². The quantitative estimate of drug-likeness (QED) is 0.326. The third-order valence-electron chi connectivity index (χ3n) is 9.25. The Kier molecular flexibility index (Phi) is 4.99. The molecule has 5 nitrogen and oxygen atoms in total. The largest absolute Gasteiger partial charge is 0.322 e. The van der Waals surface area contributed by atoms with Gasteiger partial charge < -0.3 is 5.32 Å². The van der Waals surface area contributed by atoms with Gasteiger partial charge in [-0.05, 0) is 84.5 Å². The van der Waals surface area contributed by atoms with E-state index < -0.39 is 11.3 Å². The number of hydrogen-bond donors (Lipinski definition) is 1. The predicted molar refractivity (Wildman–Crippen MR) is 151 cm³/mol. The van der Waals surface area contributed by atoms with E-state index in [1.165, 1.54) is 4.90 Å². The fourth-order valence-corrected chi connectivity index (χ4v) is 7.20. The van der Waals surface area contributed by atoms with Crippen LogP contribution in [-0.2, 0) is 9.59 Å². The molecule has 2 bridgehead atoms. The SMILES string of the molecule is Cc1cccc(NC(=O)c2ccc(N3C(=O)[C@@H]4C5c6ccccc6C(c6ccccc65)[C@]4(C)C3=O)cc2)c1C. The monoisotopic (exact) mass is 512 g/mol. The highest BCUT2D eigenvalue weighted by atomic mass is 16.2. The second kappa shape index (κ2) is 8.24. The van der Waals surface area contributed by atoms with Crippen LogP contribution in [0.5, 0.6) is 0 Å². The molecule has 1 aliphatic heterocycles. The van der Waals surface area contributed by atoms with Gasteiger partial charge in [-0.15, -0.1) is 0 Å². The van der Waals surface area contributed by atoms with Gasteiger partial charge in [0.05, 0.1) is 17.0 Å². The van der Waals surface area contributed by atoms with Gasteiger partial charge in [-0.25, -0.2) is 4.90 Å². The van der Waals surface area contributed by atoms with Crippen LogP contribution < -0.4 is 10.2 Å². The lowest BCUT2D eigenvalue weighted by Crippen LogP contribution is -2.49. The fourth-order valence-electron chi connectivity index (χ4n) is 7.20. The van der Waals surface area contributed by atoms with Gasteiger partial charge in [-0.2, -0.15) is 0 Å². The summed E-state index contributed by atoms with van der Waals surface area (Å²) < 4.78 is 0. The first-order valence-corrected chi connectivity index (χ1v) is 13.4. The van der Waals surface area contributed by atoms with Crippen molar-refractivity contribution in [1.29, 1.82) is 0 Å². The third-order valence-corrected chi connectivity index (χ3v) is 9.25. The number of nitrogens with one attached hydrogen (secondary N) is 1. The zero-order valence-corrected chi connectivity index (χ0v) is 22.1. The van der Waals surface area contributed by atoms with Gasteiger partial charge in [-0.3, -0.25) is 14.4 Å². The van der Waals surface area contributed by atoms with E-state index in [2.05, 4.69) is 29.6 Å². The number of anilines is 2. The first-order chi connectivity index (χ1) is 18.8. The highest BCUT2D eigenvalue weighted by molar-refractivity contribution is 6.25. The molecule has 4 aromatic carbocycles. The fraction of sp³-hybridized carbons (Fsp3) is 0.206. The van der Waals surface area contributed by atoms with E-state index in [9.17, 15) is 14.4 Å². The topological polar surface area (TPSA) is 66.5 Å². The molecule has 5 heteroatoms. The van der Waals surface area contributed by atoms with E-state index in [4.69, 9.17) is 0 Å². The molecule has 1 N–H and O–H groups in total. The minimum Gasteiger partial charge on any atom is -0.322 e. The average Bonchev–Trinajstić information content (AvgIpc) is 3.16. The Morgan fingerprint density at radius 3 is 1.97 bits per heavy atom.